The fourth-order valence-electron chi connectivity index (χ4n) is 7.94. The van der Waals surface area contributed by atoms with Crippen molar-refractivity contribution >= 4 is 37.5 Å². The Morgan fingerprint density at radius 2 is 1.50 bits per heavy atom. The fraction of sp³-hybridized carbons (Fsp3) is 0.458. The Kier molecular flexibility index (Phi) is 18.1. The first kappa shape index (κ1) is 53.4. The standard InChI is InChI=1S/C48H58F3N8O10P/c1-29(2)42(60)56-46-55-41-38(43(61)57-46)54-28-58(41)44-40(65-26-24-53-45(62)48(49,50)51)39(69-70(67-25-12-23-52)59(30(3)4)31(5)6)37(68-44)27-66-47(32-13-10-9-11-14-32,33-15-19-35(63-7)20-16-33)34-17-21-36(64-8)22-18-34/h9-11,13-22,28-31,37,39-40,44H,12,24-27H2,1-8H3,(H,53,62)(H2,55,56,57,60,61)/t37?,39-,40-,44-,70?/m1/s1. The number of nitriles is 1. The Labute approximate surface area is 404 Å². The number of H-pyrrole nitrogens is 1. The van der Waals surface area contributed by atoms with E-state index in [1.54, 1.807) is 28.1 Å². The Hall–Kier alpha value is -5.98. The molecule has 2 unspecified atom stereocenters. The van der Waals surface area contributed by atoms with Crippen LogP contribution in [0, 0.1) is 17.2 Å². The van der Waals surface area contributed by atoms with Crippen molar-refractivity contribution < 1.29 is 55.5 Å². The first-order chi connectivity index (χ1) is 33.4. The minimum absolute atomic E-state index is 0.0128. The molecule has 0 spiro atoms. The highest BCUT2D eigenvalue weighted by Gasteiger charge is 2.52. The van der Waals surface area contributed by atoms with Crippen molar-refractivity contribution in [3.05, 3.63) is 112 Å². The maximum absolute atomic E-state index is 13.5. The van der Waals surface area contributed by atoms with Crippen molar-refractivity contribution in [2.24, 2.45) is 5.92 Å². The molecule has 3 N–H and O–H groups in total. The van der Waals surface area contributed by atoms with Crippen LogP contribution in [0.2, 0.25) is 0 Å². The number of imidazole rings is 1. The maximum Gasteiger partial charge on any atom is 0.471 e. The molecule has 1 aliphatic heterocycles. The first-order valence-electron chi connectivity index (χ1n) is 22.6. The van der Waals surface area contributed by atoms with Gasteiger partial charge >= 0.3 is 12.1 Å². The molecule has 0 radical (unpaired) electrons. The Bertz CT molecular complexity index is 2550. The van der Waals surface area contributed by atoms with Crippen molar-refractivity contribution in [2.75, 3.05) is 45.9 Å². The van der Waals surface area contributed by atoms with Crippen LogP contribution >= 0.6 is 8.53 Å². The number of hydrogen-bond acceptors (Lipinski definition) is 14. The van der Waals surface area contributed by atoms with Crippen LogP contribution in [-0.4, -0.2) is 113 Å². The van der Waals surface area contributed by atoms with Gasteiger partial charge in [0.05, 0.1) is 52.9 Å². The van der Waals surface area contributed by atoms with Crippen LogP contribution < -0.4 is 25.7 Å². The summed E-state index contributed by atoms with van der Waals surface area (Å²) in [5.74, 6) is -2.06. The maximum atomic E-state index is 13.5. The van der Waals surface area contributed by atoms with E-state index in [2.05, 4.69) is 26.3 Å². The molecule has 1 aliphatic rings. The van der Waals surface area contributed by atoms with Gasteiger partial charge in [-0.1, -0.05) is 68.4 Å². The number of carbonyl (C=O) groups excluding carboxylic acids is 2. The highest BCUT2D eigenvalue weighted by Crippen LogP contribution is 2.51. The van der Waals surface area contributed by atoms with Crippen LogP contribution in [-0.2, 0) is 38.4 Å². The zero-order valence-corrected chi connectivity index (χ0v) is 41.0. The number of nitrogens with zero attached hydrogens (tertiary/aromatic N) is 5. The second-order valence-electron chi connectivity index (χ2n) is 17.0. The Morgan fingerprint density at radius 3 is 2.04 bits per heavy atom. The number of aromatic nitrogens is 4. The highest BCUT2D eigenvalue weighted by molar-refractivity contribution is 7.44. The Balaban J connectivity index is 1.54. The third-order valence-electron chi connectivity index (χ3n) is 11.2. The number of anilines is 1. The molecule has 2 aromatic heterocycles. The zero-order chi connectivity index (χ0) is 50.8. The molecule has 5 aromatic rings. The highest BCUT2D eigenvalue weighted by atomic mass is 31.2. The minimum atomic E-state index is -5.16. The third-order valence-corrected chi connectivity index (χ3v) is 13.4. The van der Waals surface area contributed by atoms with Gasteiger partial charge in [-0.3, -0.25) is 29.3 Å². The predicted molar refractivity (Wildman–Crippen MR) is 253 cm³/mol. The molecule has 1 fully saturated rings. The fourth-order valence-corrected chi connectivity index (χ4v) is 9.71. The van der Waals surface area contributed by atoms with Crippen LogP contribution in [0.4, 0.5) is 19.1 Å². The lowest BCUT2D eigenvalue weighted by molar-refractivity contribution is -0.174. The van der Waals surface area contributed by atoms with E-state index in [0.717, 1.165) is 5.56 Å². The molecule has 6 rings (SSSR count). The van der Waals surface area contributed by atoms with E-state index in [4.69, 9.17) is 32.7 Å². The summed E-state index contributed by atoms with van der Waals surface area (Å²) in [4.78, 5) is 49.6. The quantitative estimate of drug-likeness (QED) is 0.0332. The first-order valence-corrected chi connectivity index (χ1v) is 23.7. The average Bonchev–Trinajstić information content (AvgIpc) is 3.91. The summed E-state index contributed by atoms with van der Waals surface area (Å²) < 4.78 is 88.7. The summed E-state index contributed by atoms with van der Waals surface area (Å²) in [6.45, 7) is 9.80. The van der Waals surface area contributed by atoms with E-state index in [-0.39, 0.29) is 48.8 Å². The summed E-state index contributed by atoms with van der Waals surface area (Å²) in [5, 5.41) is 14.0. The number of aromatic amines is 1. The Morgan fingerprint density at radius 1 is 0.900 bits per heavy atom. The molecule has 22 heteroatoms. The number of rotatable bonds is 23. The van der Waals surface area contributed by atoms with Crippen LogP contribution in [0.25, 0.3) is 11.2 Å². The summed E-state index contributed by atoms with van der Waals surface area (Å²) in [5.41, 5.74) is -0.129. The molecule has 376 valence electrons. The minimum Gasteiger partial charge on any atom is -0.497 e. The lowest BCUT2D eigenvalue weighted by atomic mass is 9.80. The van der Waals surface area contributed by atoms with Crippen LogP contribution in [0.1, 0.15) is 70.9 Å². The topological polar surface area (TPSA) is 213 Å². The van der Waals surface area contributed by atoms with Gasteiger partial charge in [0.25, 0.3) is 14.1 Å². The van der Waals surface area contributed by atoms with Crippen molar-refractivity contribution in [2.45, 2.75) is 96.4 Å². The summed E-state index contributed by atoms with van der Waals surface area (Å²) in [6.07, 6.45) is -8.74. The summed E-state index contributed by atoms with van der Waals surface area (Å²) in [6, 6.07) is 26.0. The normalized spacial score (nSPS) is 17.9. The van der Waals surface area contributed by atoms with Crippen molar-refractivity contribution in [1.29, 1.82) is 5.26 Å². The molecule has 3 heterocycles. The number of ether oxygens (including phenoxy) is 5. The molecule has 0 aliphatic carbocycles. The van der Waals surface area contributed by atoms with Gasteiger partial charge in [-0.05, 0) is 68.7 Å². The zero-order valence-electron chi connectivity index (χ0n) is 40.1. The smallest absolute Gasteiger partial charge is 0.471 e. The largest absolute Gasteiger partial charge is 0.497 e. The molecule has 5 atom stereocenters. The van der Waals surface area contributed by atoms with E-state index in [1.807, 2.05) is 117 Å². The monoisotopic (exact) mass is 994 g/mol. The lowest BCUT2D eigenvalue weighted by Crippen LogP contribution is -2.44. The number of carbonyl (C=O) groups is 2. The number of halogens is 3. The van der Waals surface area contributed by atoms with Crippen molar-refractivity contribution in [3.63, 3.8) is 0 Å². The molecule has 2 amide bonds. The van der Waals surface area contributed by atoms with Crippen molar-refractivity contribution in [1.82, 2.24) is 29.5 Å². The molecule has 18 nitrogen and oxygen atoms in total. The van der Waals surface area contributed by atoms with Gasteiger partial charge in [0.2, 0.25) is 11.9 Å². The van der Waals surface area contributed by atoms with Gasteiger partial charge in [0.1, 0.15) is 35.4 Å². The molecule has 0 bridgehead atoms. The van der Waals surface area contributed by atoms with Gasteiger partial charge in [-0.2, -0.15) is 23.4 Å². The molecular weight excluding hydrogens is 937 g/mol. The average molecular weight is 995 g/mol. The number of amides is 2. The molecular formula is C48H58F3N8O10P. The van der Waals surface area contributed by atoms with Gasteiger partial charge < -0.3 is 38.0 Å². The number of benzene rings is 3. The van der Waals surface area contributed by atoms with Crippen molar-refractivity contribution in [3.8, 4) is 17.6 Å². The lowest BCUT2D eigenvalue weighted by Gasteiger charge is -2.39. The van der Waals surface area contributed by atoms with E-state index in [1.165, 1.54) is 10.9 Å². The molecule has 0 saturated carbocycles. The third kappa shape index (κ3) is 12.3. The van der Waals surface area contributed by atoms with Gasteiger partial charge in [0, 0.05) is 24.5 Å². The molecule has 70 heavy (non-hydrogen) atoms. The van der Waals surface area contributed by atoms with E-state index in [0.29, 0.717) is 22.6 Å². The molecule has 3 aromatic carbocycles. The second kappa shape index (κ2) is 23.8. The van der Waals surface area contributed by atoms with E-state index in [9.17, 15) is 32.8 Å². The number of methoxy groups -OCH3 is 2. The van der Waals surface area contributed by atoms with Crippen LogP contribution in [0.3, 0.4) is 0 Å². The number of alkyl halides is 3. The second-order valence-corrected chi connectivity index (χ2v) is 18.4. The summed E-state index contributed by atoms with van der Waals surface area (Å²) in [7, 11) is 1.06. The SMILES string of the molecule is COc1ccc(C(OCC2O[C@@H](n3cnc4c(=O)[nH]c(NC(=O)C(C)C)nc43)[C@H](OCCNC(=O)C(F)(F)F)[C@@H]2OP(OCCC#N)N(C(C)C)C(C)C)(c2ccccc2)c2ccc(OC)cc2)cc1. The number of fused-ring (bicyclic) bond motifs is 1. The summed E-state index contributed by atoms with van der Waals surface area (Å²) >= 11 is 0. The van der Waals surface area contributed by atoms with Gasteiger partial charge in [0.15, 0.2) is 17.4 Å². The van der Waals surface area contributed by atoms with Gasteiger partial charge in [-0.25, -0.2) is 9.65 Å². The number of hydrogen-bond donors (Lipinski definition) is 3. The van der Waals surface area contributed by atoms with Gasteiger partial charge in [-0.15, -0.1) is 0 Å². The van der Waals surface area contributed by atoms with E-state index < -0.39 is 81.3 Å². The predicted octanol–water partition coefficient (Wildman–Crippen LogP) is 7.36. The van der Waals surface area contributed by atoms with Crippen LogP contribution in [0.5, 0.6) is 11.5 Å². The van der Waals surface area contributed by atoms with Crippen LogP contribution in [0.15, 0.2) is 90.0 Å². The number of nitrogens with one attached hydrogen (secondary N) is 3. The van der Waals surface area contributed by atoms with E-state index >= 15 is 0 Å². The molecule has 1 saturated heterocycles.